The lowest BCUT2D eigenvalue weighted by Crippen LogP contribution is -2.14. The van der Waals surface area contributed by atoms with Gasteiger partial charge in [-0.3, -0.25) is 0 Å². The summed E-state index contributed by atoms with van der Waals surface area (Å²) in [4.78, 5) is 15.9. The van der Waals surface area contributed by atoms with Crippen molar-refractivity contribution in [2.75, 3.05) is 0 Å². The van der Waals surface area contributed by atoms with Gasteiger partial charge in [0.2, 0.25) is 0 Å². The molecule has 6 heteroatoms. The maximum Gasteiger partial charge on any atom is 0.339 e. The van der Waals surface area contributed by atoms with Gasteiger partial charge in [0.15, 0.2) is 5.82 Å². The Morgan fingerprint density at radius 3 is 2.84 bits per heavy atom. The van der Waals surface area contributed by atoms with Gasteiger partial charge in [-0.25, -0.2) is 14.5 Å². The van der Waals surface area contributed by atoms with Crippen molar-refractivity contribution in [3.8, 4) is 5.82 Å². The third-order valence-electron chi connectivity index (χ3n) is 3.28. The highest BCUT2D eigenvalue weighted by atomic mass is 127. The molecule has 0 unspecified atom stereocenters. The number of halogens is 1. The van der Waals surface area contributed by atoms with E-state index in [0.717, 1.165) is 40.5 Å². The Hall–Kier alpha value is -1.44. The molecule has 0 spiro atoms. The van der Waals surface area contributed by atoms with Gasteiger partial charge in [0, 0.05) is 11.9 Å². The second-order valence-electron chi connectivity index (χ2n) is 4.58. The minimum Gasteiger partial charge on any atom is -0.478 e. The number of nitrogens with zero attached hydrogens (tertiary/aromatic N) is 3. The minimum atomic E-state index is -0.957. The Morgan fingerprint density at radius 2 is 2.16 bits per heavy atom. The van der Waals surface area contributed by atoms with Crippen LogP contribution in [0.1, 0.15) is 34.5 Å². The first-order valence-corrected chi connectivity index (χ1v) is 7.19. The Morgan fingerprint density at radius 1 is 1.37 bits per heavy atom. The van der Waals surface area contributed by atoms with E-state index in [-0.39, 0.29) is 5.56 Å². The third-order valence-corrected chi connectivity index (χ3v) is 3.84. The Balaban J connectivity index is 2.18. The van der Waals surface area contributed by atoms with Gasteiger partial charge in [0.1, 0.15) is 5.56 Å². The standard InChI is InChI=1S/C13H12IN3O2/c14-9-6-15-17(7-9)12-10(13(18)19)5-8-3-1-2-4-11(8)16-12/h5-7H,1-4H2,(H,18,19). The molecule has 19 heavy (non-hydrogen) atoms. The maximum absolute atomic E-state index is 11.4. The van der Waals surface area contributed by atoms with Gasteiger partial charge in [-0.05, 0) is 59.9 Å². The molecule has 2 heterocycles. The van der Waals surface area contributed by atoms with Gasteiger partial charge < -0.3 is 5.11 Å². The maximum atomic E-state index is 11.4. The SMILES string of the molecule is O=C(O)c1cc2c(nc1-n1cc(I)cn1)CCCC2. The second-order valence-corrected chi connectivity index (χ2v) is 5.83. The average Bonchev–Trinajstić information content (AvgIpc) is 2.83. The fraction of sp³-hybridized carbons (Fsp3) is 0.308. The second kappa shape index (κ2) is 4.92. The molecule has 0 atom stereocenters. The van der Waals surface area contributed by atoms with Crippen molar-refractivity contribution in [3.63, 3.8) is 0 Å². The number of fused-ring (bicyclic) bond motifs is 1. The molecule has 0 fully saturated rings. The van der Waals surface area contributed by atoms with E-state index in [0.29, 0.717) is 5.82 Å². The Kier molecular flexibility index (Phi) is 3.26. The molecule has 2 aromatic heterocycles. The van der Waals surface area contributed by atoms with Gasteiger partial charge in [-0.15, -0.1) is 0 Å². The first kappa shape index (κ1) is 12.6. The minimum absolute atomic E-state index is 0.222. The molecule has 0 aromatic carbocycles. The number of aromatic carboxylic acids is 1. The summed E-state index contributed by atoms with van der Waals surface area (Å²) < 4.78 is 2.49. The lowest BCUT2D eigenvalue weighted by molar-refractivity contribution is 0.0696. The van der Waals surface area contributed by atoms with Crippen LogP contribution in [-0.2, 0) is 12.8 Å². The predicted molar refractivity (Wildman–Crippen MR) is 77.7 cm³/mol. The molecule has 1 N–H and O–H groups in total. The van der Waals surface area contributed by atoms with Gasteiger partial charge in [-0.1, -0.05) is 0 Å². The zero-order chi connectivity index (χ0) is 13.4. The lowest BCUT2D eigenvalue weighted by Gasteiger charge is -2.17. The molecule has 0 saturated heterocycles. The van der Waals surface area contributed by atoms with E-state index < -0.39 is 5.97 Å². The average molecular weight is 369 g/mol. The number of carboxylic acid groups (broad SMARTS) is 1. The smallest absolute Gasteiger partial charge is 0.339 e. The Bertz CT molecular complexity index is 651. The molecule has 0 amide bonds. The highest BCUT2D eigenvalue weighted by Crippen LogP contribution is 2.24. The van der Waals surface area contributed by atoms with E-state index in [1.165, 1.54) is 0 Å². The zero-order valence-electron chi connectivity index (χ0n) is 10.1. The molecular weight excluding hydrogens is 357 g/mol. The number of carboxylic acids is 1. The van der Waals surface area contributed by atoms with Gasteiger partial charge >= 0.3 is 5.97 Å². The van der Waals surface area contributed by atoms with Gasteiger partial charge in [0.25, 0.3) is 0 Å². The van der Waals surface area contributed by atoms with Crippen LogP contribution in [0.4, 0.5) is 0 Å². The first-order valence-electron chi connectivity index (χ1n) is 6.12. The van der Waals surface area contributed by atoms with E-state index in [1.807, 2.05) is 0 Å². The molecular formula is C13H12IN3O2. The highest BCUT2D eigenvalue weighted by Gasteiger charge is 2.20. The largest absolute Gasteiger partial charge is 0.478 e. The predicted octanol–water partition coefficient (Wildman–Crippen LogP) is 2.45. The van der Waals surface area contributed by atoms with Crippen molar-refractivity contribution in [1.29, 1.82) is 0 Å². The summed E-state index contributed by atoms with van der Waals surface area (Å²) in [5, 5.41) is 13.5. The summed E-state index contributed by atoms with van der Waals surface area (Å²) in [7, 11) is 0. The third kappa shape index (κ3) is 2.36. The van der Waals surface area contributed by atoms with Crippen LogP contribution in [0, 0.1) is 3.57 Å². The van der Waals surface area contributed by atoms with Crippen LogP contribution < -0.4 is 0 Å². The van der Waals surface area contributed by atoms with E-state index in [4.69, 9.17) is 0 Å². The van der Waals surface area contributed by atoms with Crippen LogP contribution >= 0.6 is 22.6 Å². The molecule has 0 saturated carbocycles. The normalized spacial score (nSPS) is 14.2. The highest BCUT2D eigenvalue weighted by molar-refractivity contribution is 14.1. The first-order chi connectivity index (χ1) is 9.15. The topological polar surface area (TPSA) is 68.0 Å². The molecule has 3 rings (SSSR count). The van der Waals surface area contributed by atoms with Crippen LogP contribution in [0.3, 0.4) is 0 Å². The molecule has 0 bridgehead atoms. The number of pyridine rings is 1. The number of carbonyl (C=O) groups is 1. The van der Waals surface area contributed by atoms with Crippen molar-refractivity contribution in [3.05, 3.63) is 38.9 Å². The molecule has 2 aromatic rings. The fourth-order valence-corrected chi connectivity index (χ4v) is 2.76. The van der Waals surface area contributed by atoms with Crippen LogP contribution in [0.25, 0.3) is 5.82 Å². The summed E-state index contributed by atoms with van der Waals surface area (Å²) in [5.41, 5.74) is 2.30. The van der Waals surface area contributed by atoms with Gasteiger partial charge in [-0.2, -0.15) is 5.10 Å². The van der Waals surface area contributed by atoms with Crippen molar-refractivity contribution < 1.29 is 9.90 Å². The van der Waals surface area contributed by atoms with Crippen molar-refractivity contribution in [2.45, 2.75) is 25.7 Å². The van der Waals surface area contributed by atoms with Crippen molar-refractivity contribution >= 4 is 28.6 Å². The summed E-state index contributed by atoms with van der Waals surface area (Å²) >= 11 is 2.14. The molecule has 1 aliphatic carbocycles. The number of hydrogen-bond acceptors (Lipinski definition) is 3. The van der Waals surface area contributed by atoms with Crippen LogP contribution in [0.15, 0.2) is 18.5 Å². The molecule has 98 valence electrons. The number of aryl methyl sites for hydroxylation is 2. The van der Waals surface area contributed by atoms with E-state index in [1.54, 1.807) is 23.1 Å². The lowest BCUT2D eigenvalue weighted by atomic mass is 9.95. The number of hydrogen-bond donors (Lipinski definition) is 1. The van der Waals surface area contributed by atoms with Crippen molar-refractivity contribution in [2.24, 2.45) is 0 Å². The summed E-state index contributed by atoms with van der Waals surface area (Å²) in [5.74, 6) is -0.544. The van der Waals surface area contributed by atoms with E-state index >= 15 is 0 Å². The number of aromatic nitrogens is 3. The van der Waals surface area contributed by atoms with Crippen molar-refractivity contribution in [1.82, 2.24) is 14.8 Å². The van der Waals surface area contributed by atoms with Crippen LogP contribution in [0.2, 0.25) is 0 Å². The van der Waals surface area contributed by atoms with Crippen LogP contribution in [0.5, 0.6) is 0 Å². The summed E-state index contributed by atoms with van der Waals surface area (Å²) in [6, 6.07) is 1.76. The molecule has 0 aliphatic heterocycles. The van der Waals surface area contributed by atoms with E-state index in [9.17, 15) is 9.90 Å². The summed E-state index contributed by atoms with van der Waals surface area (Å²) in [6.45, 7) is 0. The quantitative estimate of drug-likeness (QED) is 0.826. The monoisotopic (exact) mass is 369 g/mol. The van der Waals surface area contributed by atoms with Gasteiger partial charge in [0.05, 0.1) is 9.77 Å². The number of rotatable bonds is 2. The van der Waals surface area contributed by atoms with Crippen LogP contribution in [-0.4, -0.2) is 25.8 Å². The van der Waals surface area contributed by atoms with E-state index in [2.05, 4.69) is 32.7 Å². The molecule has 0 radical (unpaired) electrons. The Labute approximate surface area is 123 Å². The summed E-state index contributed by atoms with van der Waals surface area (Å²) in [6.07, 6.45) is 7.52. The molecule has 5 nitrogen and oxygen atoms in total. The fourth-order valence-electron chi connectivity index (χ4n) is 2.37. The zero-order valence-corrected chi connectivity index (χ0v) is 12.3. The molecule has 1 aliphatic rings.